The average Bonchev–Trinajstić information content (AvgIpc) is 2.40. The van der Waals surface area contributed by atoms with Gasteiger partial charge in [0.15, 0.2) is 0 Å². The molecule has 1 aliphatic rings. The molecule has 116 valence electrons. The van der Waals surface area contributed by atoms with E-state index in [1.807, 2.05) is 25.7 Å². The Bertz CT molecular complexity index is 519. The van der Waals surface area contributed by atoms with Gasteiger partial charge in [0.25, 0.3) is 0 Å². The van der Waals surface area contributed by atoms with Crippen molar-refractivity contribution >= 4 is 43.2 Å². The van der Waals surface area contributed by atoms with E-state index in [4.69, 9.17) is 4.74 Å². The van der Waals surface area contributed by atoms with Crippen LogP contribution in [0.15, 0.2) is 22.7 Å². The summed E-state index contributed by atoms with van der Waals surface area (Å²) < 4.78 is 7.94. The summed E-state index contributed by atoms with van der Waals surface area (Å²) in [6.07, 6.45) is 1.81. The third kappa shape index (κ3) is 4.75. The Balaban J connectivity index is 1.94. The Kier molecular flexibility index (Phi) is 5.42. The molecule has 5 heteroatoms. The molecule has 1 saturated heterocycles. The van der Waals surface area contributed by atoms with E-state index in [1.165, 1.54) is 14.4 Å². The molecule has 1 atom stereocenters. The number of hydrogen-bond donors (Lipinski definition) is 0. The number of ether oxygens (including phenoxy) is 1. The Morgan fingerprint density at radius 2 is 1.95 bits per heavy atom. The van der Waals surface area contributed by atoms with E-state index in [-0.39, 0.29) is 6.09 Å². The van der Waals surface area contributed by atoms with Gasteiger partial charge in [-0.05, 0) is 0 Å². The first kappa shape index (κ1) is 16.9. The molecule has 21 heavy (non-hydrogen) atoms. The number of hydrogen-bond acceptors (Lipinski definition) is 2. The van der Waals surface area contributed by atoms with Gasteiger partial charge in [0, 0.05) is 0 Å². The third-order valence-corrected chi connectivity index (χ3v) is 6.27. The van der Waals surface area contributed by atoms with E-state index < -0.39 is 5.60 Å². The van der Waals surface area contributed by atoms with Crippen LogP contribution < -0.4 is 4.35 Å². The van der Waals surface area contributed by atoms with Gasteiger partial charge in [-0.25, -0.2) is 0 Å². The normalized spacial score (nSPS) is 16.9. The van der Waals surface area contributed by atoms with E-state index in [0.29, 0.717) is 5.92 Å². The molecule has 0 N–H and O–H groups in total. The van der Waals surface area contributed by atoms with E-state index in [2.05, 4.69) is 34.1 Å². The number of rotatable bonds is 1. The monoisotopic (exact) mass is 415 g/mol. The molecule has 1 unspecified atom stereocenters. The molecule has 1 fully saturated rings. The summed E-state index contributed by atoms with van der Waals surface area (Å²) in [6.45, 7) is 7.26. The molecular weight excluding hydrogens is 393 g/mol. The van der Waals surface area contributed by atoms with Crippen molar-refractivity contribution in [1.29, 1.82) is 0 Å². The summed E-state index contributed by atoms with van der Waals surface area (Å²) in [7, 11) is 0. The zero-order valence-corrected chi connectivity index (χ0v) is 16.9. The number of carbonyl (C=O) groups is 1. The predicted octanol–water partition coefficient (Wildman–Crippen LogP) is 2.82. The Morgan fingerprint density at radius 3 is 2.48 bits per heavy atom. The number of benzene rings is 1. The minimum atomic E-state index is -0.419. The zero-order valence-electron chi connectivity index (χ0n) is 12.9. The second-order valence-corrected chi connectivity index (χ2v) is 8.68. The first-order chi connectivity index (χ1) is 9.76. The molecule has 2 rings (SSSR count). The molecule has 0 aromatic heterocycles. The minimum absolute atomic E-state index is 0.186. The van der Waals surface area contributed by atoms with Crippen LogP contribution in [0.5, 0.6) is 0 Å². The van der Waals surface area contributed by atoms with Crippen LogP contribution in [0.2, 0.25) is 0 Å². The molecule has 0 saturated carbocycles. The van der Waals surface area contributed by atoms with Gasteiger partial charge in [0.05, 0.1) is 0 Å². The summed E-state index contributed by atoms with van der Waals surface area (Å²) in [5.74, 6) is 0.535. The maximum atomic E-state index is 12.1. The van der Waals surface area contributed by atoms with E-state index in [9.17, 15) is 4.79 Å². The SMILES string of the molecule is CC(C)(C)OC(=O)N1CCC(c2ccc([AsH2])c(Br)c2)CC1. The molecule has 0 radical (unpaired) electrons. The number of amides is 1. The van der Waals surface area contributed by atoms with Crippen molar-refractivity contribution in [2.45, 2.75) is 45.1 Å². The first-order valence-corrected chi connectivity index (χ1v) is 9.29. The van der Waals surface area contributed by atoms with Crippen LogP contribution in [0, 0.1) is 0 Å². The molecular formula is C16H23AsBrNO2. The van der Waals surface area contributed by atoms with Gasteiger partial charge in [-0.3, -0.25) is 0 Å². The van der Waals surface area contributed by atoms with Crippen molar-refractivity contribution < 1.29 is 9.53 Å². The van der Waals surface area contributed by atoms with Crippen LogP contribution in [0.1, 0.15) is 45.1 Å². The molecule has 0 spiro atoms. The van der Waals surface area contributed by atoms with Crippen molar-refractivity contribution in [2.24, 2.45) is 0 Å². The molecule has 3 nitrogen and oxygen atoms in total. The van der Waals surface area contributed by atoms with Crippen LogP contribution in [-0.4, -0.2) is 46.5 Å². The number of likely N-dealkylation sites (tertiary alicyclic amines) is 1. The molecule has 1 aliphatic heterocycles. The number of carbonyl (C=O) groups excluding carboxylic acids is 1. The molecule has 1 aromatic carbocycles. The quantitative estimate of drug-likeness (QED) is 0.660. The van der Waals surface area contributed by atoms with Crippen LogP contribution >= 0.6 is 15.9 Å². The van der Waals surface area contributed by atoms with Gasteiger partial charge in [-0.15, -0.1) is 0 Å². The standard InChI is InChI=1S/C16H23AsBrNO2/c1-16(2,3)21-15(20)19-8-6-11(7-9-19)12-4-5-13(17)14(18)10-12/h4-5,10-11H,6-9,17H2,1-3H3. The van der Waals surface area contributed by atoms with Gasteiger partial charge >= 0.3 is 144 Å². The van der Waals surface area contributed by atoms with E-state index >= 15 is 0 Å². The molecule has 1 aromatic rings. The van der Waals surface area contributed by atoms with Crippen LogP contribution in [-0.2, 0) is 4.74 Å². The second kappa shape index (κ2) is 6.74. The van der Waals surface area contributed by atoms with Crippen LogP contribution in [0.3, 0.4) is 0 Å². The van der Waals surface area contributed by atoms with Crippen molar-refractivity contribution in [1.82, 2.24) is 4.90 Å². The van der Waals surface area contributed by atoms with Crippen molar-refractivity contribution in [3.8, 4) is 0 Å². The predicted molar refractivity (Wildman–Crippen MR) is 92.1 cm³/mol. The summed E-state index contributed by atoms with van der Waals surface area (Å²) in [4.78, 5) is 13.9. The van der Waals surface area contributed by atoms with Crippen molar-refractivity contribution in [2.75, 3.05) is 13.1 Å². The van der Waals surface area contributed by atoms with Crippen LogP contribution in [0.4, 0.5) is 4.79 Å². The summed E-state index contributed by atoms with van der Waals surface area (Å²) in [5, 5.41) is 0. The Labute approximate surface area is 144 Å². The number of nitrogens with zero attached hydrogens (tertiary/aromatic N) is 1. The topological polar surface area (TPSA) is 29.5 Å². The fourth-order valence-electron chi connectivity index (χ4n) is 2.52. The number of piperidine rings is 1. The molecule has 0 aliphatic carbocycles. The summed E-state index contributed by atoms with van der Waals surface area (Å²) in [5.41, 5.74) is 0.949. The van der Waals surface area contributed by atoms with Gasteiger partial charge in [-0.2, -0.15) is 0 Å². The Morgan fingerprint density at radius 1 is 1.33 bits per heavy atom. The number of halogens is 1. The van der Waals surface area contributed by atoms with Gasteiger partial charge in [0.2, 0.25) is 0 Å². The van der Waals surface area contributed by atoms with E-state index in [0.717, 1.165) is 25.9 Å². The van der Waals surface area contributed by atoms with Gasteiger partial charge in [0.1, 0.15) is 0 Å². The first-order valence-electron chi connectivity index (χ1n) is 7.29. The van der Waals surface area contributed by atoms with E-state index in [1.54, 1.807) is 16.9 Å². The molecule has 0 bridgehead atoms. The van der Waals surface area contributed by atoms with Gasteiger partial charge < -0.3 is 0 Å². The molecule has 1 heterocycles. The summed E-state index contributed by atoms with van der Waals surface area (Å²) >= 11 is 5.24. The average molecular weight is 416 g/mol. The second-order valence-electron chi connectivity index (χ2n) is 6.52. The van der Waals surface area contributed by atoms with Crippen molar-refractivity contribution in [3.05, 3.63) is 28.2 Å². The zero-order chi connectivity index (χ0) is 15.6. The fraction of sp³-hybridized carbons (Fsp3) is 0.562. The van der Waals surface area contributed by atoms with Crippen LogP contribution in [0.25, 0.3) is 0 Å². The van der Waals surface area contributed by atoms with Gasteiger partial charge in [-0.1, -0.05) is 0 Å². The third-order valence-electron chi connectivity index (χ3n) is 3.64. The Hall–Kier alpha value is -0.472. The van der Waals surface area contributed by atoms with Crippen molar-refractivity contribution in [3.63, 3.8) is 0 Å². The molecule has 1 amide bonds. The fourth-order valence-corrected chi connectivity index (χ4v) is 3.29. The maximum absolute atomic E-state index is 12.1. The summed E-state index contributed by atoms with van der Waals surface area (Å²) in [6, 6.07) is 6.63.